The molecule has 0 saturated heterocycles. The van der Waals surface area contributed by atoms with Crippen LogP contribution in [0.15, 0.2) is 79.3 Å². The molecule has 0 amide bonds. The standard InChI is InChI=1S/C18H13N3/c1-3-7-14(8-4-1)16-11-18-17(12-19-16)20-13-21(18)15-9-5-2-6-10-15/h1-13H. The zero-order valence-corrected chi connectivity index (χ0v) is 11.3. The van der Waals surface area contributed by atoms with E-state index in [1.165, 1.54) is 0 Å². The smallest absolute Gasteiger partial charge is 0.107 e. The van der Waals surface area contributed by atoms with Crippen molar-refractivity contribution in [1.29, 1.82) is 0 Å². The first-order chi connectivity index (χ1) is 10.4. The Labute approximate surface area is 122 Å². The summed E-state index contributed by atoms with van der Waals surface area (Å²) >= 11 is 0. The highest BCUT2D eigenvalue weighted by Gasteiger charge is 2.07. The maximum atomic E-state index is 4.51. The van der Waals surface area contributed by atoms with Crippen molar-refractivity contribution in [3.8, 4) is 16.9 Å². The first-order valence-corrected chi connectivity index (χ1v) is 6.86. The van der Waals surface area contributed by atoms with Crippen molar-refractivity contribution < 1.29 is 0 Å². The predicted molar refractivity (Wildman–Crippen MR) is 84.3 cm³/mol. The van der Waals surface area contributed by atoms with Gasteiger partial charge in [0.2, 0.25) is 0 Å². The summed E-state index contributed by atoms with van der Waals surface area (Å²) in [5.74, 6) is 0. The molecule has 3 nitrogen and oxygen atoms in total. The topological polar surface area (TPSA) is 30.7 Å². The molecule has 4 rings (SSSR count). The molecular formula is C18H13N3. The number of rotatable bonds is 2. The molecule has 0 radical (unpaired) electrons. The average molecular weight is 271 g/mol. The number of hydrogen-bond acceptors (Lipinski definition) is 2. The van der Waals surface area contributed by atoms with Crippen LogP contribution >= 0.6 is 0 Å². The largest absolute Gasteiger partial charge is 0.299 e. The summed E-state index contributed by atoms with van der Waals surface area (Å²) in [6, 6.07) is 22.5. The van der Waals surface area contributed by atoms with Gasteiger partial charge in [0, 0.05) is 11.3 Å². The van der Waals surface area contributed by atoms with Gasteiger partial charge in [0.15, 0.2) is 0 Å². The normalized spacial score (nSPS) is 10.9. The van der Waals surface area contributed by atoms with Gasteiger partial charge in [-0.2, -0.15) is 0 Å². The third-order valence-corrected chi connectivity index (χ3v) is 3.54. The fraction of sp³-hybridized carbons (Fsp3) is 0. The number of pyridine rings is 1. The molecule has 0 atom stereocenters. The van der Waals surface area contributed by atoms with Gasteiger partial charge in [-0.25, -0.2) is 4.98 Å². The van der Waals surface area contributed by atoms with Gasteiger partial charge in [-0.05, 0) is 18.2 Å². The minimum absolute atomic E-state index is 0.901. The van der Waals surface area contributed by atoms with Crippen molar-refractivity contribution in [3.63, 3.8) is 0 Å². The Morgan fingerprint density at radius 3 is 2.24 bits per heavy atom. The molecule has 0 unspecified atom stereocenters. The molecule has 0 spiro atoms. The number of aromatic nitrogens is 3. The van der Waals surface area contributed by atoms with E-state index in [-0.39, 0.29) is 0 Å². The van der Waals surface area contributed by atoms with Gasteiger partial charge in [-0.15, -0.1) is 0 Å². The summed E-state index contributed by atoms with van der Waals surface area (Å²) in [5.41, 5.74) is 5.14. The lowest BCUT2D eigenvalue weighted by Gasteiger charge is -2.05. The summed E-state index contributed by atoms with van der Waals surface area (Å²) in [4.78, 5) is 8.94. The minimum Gasteiger partial charge on any atom is -0.299 e. The Balaban J connectivity index is 1.91. The number of imidazole rings is 1. The van der Waals surface area contributed by atoms with Gasteiger partial charge in [-0.3, -0.25) is 9.55 Å². The molecule has 0 fully saturated rings. The number of hydrogen-bond donors (Lipinski definition) is 0. The molecule has 0 aliphatic carbocycles. The summed E-state index contributed by atoms with van der Waals surface area (Å²) in [6.07, 6.45) is 3.67. The first-order valence-electron chi connectivity index (χ1n) is 6.86. The Hall–Kier alpha value is -2.94. The molecule has 0 bridgehead atoms. The molecule has 3 heteroatoms. The van der Waals surface area contributed by atoms with Crippen molar-refractivity contribution >= 4 is 11.0 Å². The van der Waals surface area contributed by atoms with E-state index in [1.807, 2.05) is 48.9 Å². The maximum Gasteiger partial charge on any atom is 0.107 e. The Bertz CT molecular complexity index is 880. The zero-order valence-electron chi connectivity index (χ0n) is 11.3. The Morgan fingerprint density at radius 2 is 1.48 bits per heavy atom. The molecule has 0 aliphatic rings. The highest BCUT2D eigenvalue weighted by molar-refractivity contribution is 5.81. The second kappa shape index (κ2) is 4.87. The summed E-state index contributed by atoms with van der Waals surface area (Å²) < 4.78 is 2.09. The average Bonchev–Trinajstić information content (AvgIpc) is 2.99. The third kappa shape index (κ3) is 2.09. The molecule has 0 saturated carbocycles. The number of para-hydroxylation sites is 1. The zero-order chi connectivity index (χ0) is 14.1. The highest BCUT2D eigenvalue weighted by Crippen LogP contribution is 2.23. The monoisotopic (exact) mass is 271 g/mol. The number of benzene rings is 2. The number of fused-ring (bicyclic) bond motifs is 1. The molecule has 21 heavy (non-hydrogen) atoms. The van der Waals surface area contributed by atoms with E-state index in [0.29, 0.717) is 0 Å². The van der Waals surface area contributed by atoms with Crippen LogP contribution in [-0.4, -0.2) is 14.5 Å². The molecule has 2 aromatic carbocycles. The van der Waals surface area contributed by atoms with E-state index < -0.39 is 0 Å². The Kier molecular flexibility index (Phi) is 2.75. The molecule has 2 heterocycles. The van der Waals surface area contributed by atoms with Crippen molar-refractivity contribution in [1.82, 2.24) is 14.5 Å². The lowest BCUT2D eigenvalue weighted by molar-refractivity contribution is 1.09. The number of nitrogens with zero attached hydrogens (tertiary/aromatic N) is 3. The van der Waals surface area contributed by atoms with Crippen LogP contribution < -0.4 is 0 Å². The SMILES string of the molecule is c1ccc(-c2cc3c(cn2)ncn3-c2ccccc2)cc1. The van der Waals surface area contributed by atoms with Crippen LogP contribution in [0.2, 0.25) is 0 Å². The van der Waals surface area contributed by atoms with E-state index in [1.54, 1.807) is 0 Å². The first kappa shape index (κ1) is 11.9. The minimum atomic E-state index is 0.901. The molecule has 0 N–H and O–H groups in total. The maximum absolute atomic E-state index is 4.51. The summed E-state index contributed by atoms with van der Waals surface area (Å²) in [7, 11) is 0. The summed E-state index contributed by atoms with van der Waals surface area (Å²) in [5, 5.41) is 0. The van der Waals surface area contributed by atoms with Crippen LogP contribution in [0.25, 0.3) is 28.0 Å². The molecule has 100 valence electrons. The van der Waals surface area contributed by atoms with E-state index in [0.717, 1.165) is 28.0 Å². The second-order valence-electron chi connectivity index (χ2n) is 4.87. The van der Waals surface area contributed by atoms with Gasteiger partial charge in [0.1, 0.15) is 11.8 Å². The van der Waals surface area contributed by atoms with E-state index in [4.69, 9.17) is 0 Å². The highest BCUT2D eigenvalue weighted by atomic mass is 15.1. The van der Waals surface area contributed by atoms with Crippen molar-refractivity contribution in [3.05, 3.63) is 79.3 Å². The van der Waals surface area contributed by atoms with Crippen molar-refractivity contribution in [2.24, 2.45) is 0 Å². The van der Waals surface area contributed by atoms with Gasteiger partial charge in [0.05, 0.1) is 17.4 Å². The molecule has 4 aromatic rings. The lowest BCUT2D eigenvalue weighted by Crippen LogP contribution is -1.92. The van der Waals surface area contributed by atoms with Gasteiger partial charge in [-0.1, -0.05) is 48.5 Å². The van der Waals surface area contributed by atoms with Crippen LogP contribution in [0.3, 0.4) is 0 Å². The molecule has 0 aliphatic heterocycles. The predicted octanol–water partition coefficient (Wildman–Crippen LogP) is 4.09. The van der Waals surface area contributed by atoms with Crippen LogP contribution in [0, 0.1) is 0 Å². The summed E-state index contributed by atoms with van der Waals surface area (Å²) in [6.45, 7) is 0. The van der Waals surface area contributed by atoms with Gasteiger partial charge >= 0.3 is 0 Å². The van der Waals surface area contributed by atoms with Gasteiger partial charge in [0.25, 0.3) is 0 Å². The molecular weight excluding hydrogens is 258 g/mol. The third-order valence-electron chi connectivity index (χ3n) is 3.54. The van der Waals surface area contributed by atoms with E-state index >= 15 is 0 Å². The van der Waals surface area contributed by atoms with E-state index in [9.17, 15) is 0 Å². The quantitative estimate of drug-likeness (QED) is 0.550. The fourth-order valence-corrected chi connectivity index (χ4v) is 2.47. The Morgan fingerprint density at radius 1 is 0.762 bits per heavy atom. The van der Waals surface area contributed by atoms with E-state index in [2.05, 4.69) is 44.9 Å². The van der Waals surface area contributed by atoms with Crippen LogP contribution in [-0.2, 0) is 0 Å². The van der Waals surface area contributed by atoms with Crippen LogP contribution in [0.4, 0.5) is 0 Å². The van der Waals surface area contributed by atoms with Gasteiger partial charge < -0.3 is 0 Å². The molecule has 2 aromatic heterocycles. The fourth-order valence-electron chi connectivity index (χ4n) is 2.47. The van der Waals surface area contributed by atoms with Crippen LogP contribution in [0.5, 0.6) is 0 Å². The second-order valence-corrected chi connectivity index (χ2v) is 4.87. The van der Waals surface area contributed by atoms with Crippen LogP contribution in [0.1, 0.15) is 0 Å². The van der Waals surface area contributed by atoms with Crippen molar-refractivity contribution in [2.45, 2.75) is 0 Å². The van der Waals surface area contributed by atoms with Crippen molar-refractivity contribution in [2.75, 3.05) is 0 Å². The lowest BCUT2D eigenvalue weighted by atomic mass is 10.1.